The number of nitrogens with one attached hydrogen (secondary N) is 5. The molecule has 0 saturated carbocycles. The molecule has 0 radical (unpaired) electrons. The van der Waals surface area contributed by atoms with Crippen LogP contribution in [0.15, 0.2) is 43.0 Å². The molecule has 0 spiro atoms. The minimum Gasteiger partial charge on any atom is -0.480 e. The molecule has 15 nitrogen and oxygen atoms in total. The molecule has 0 bridgehead atoms. The van der Waals surface area contributed by atoms with Crippen LogP contribution in [0, 0.1) is 0 Å². The number of aliphatic carboxylic acids is 1. The van der Waals surface area contributed by atoms with Gasteiger partial charge in [-0.15, -0.1) is 0 Å². The first-order chi connectivity index (χ1) is 19.0. The van der Waals surface area contributed by atoms with E-state index < -0.39 is 66.3 Å². The molecule has 2 heterocycles. The molecular formula is C25H32N8O7. The molecule has 5 atom stereocenters. The molecule has 3 rings (SSSR count). The lowest BCUT2D eigenvalue weighted by molar-refractivity contribution is -0.145. The van der Waals surface area contributed by atoms with Crippen molar-refractivity contribution in [3.05, 3.63) is 54.2 Å². The van der Waals surface area contributed by atoms with E-state index in [9.17, 15) is 34.2 Å². The number of rotatable bonds is 14. The SMILES string of the molecule is CC(O)C(NC(=O)C(Cc1c[nH]c2ccccc12)NC(=O)C(CC(N)=O)NC(=O)C(N)Cc1cnc[nH]1)C(=O)O. The minimum absolute atomic E-state index is 0.0677. The van der Waals surface area contributed by atoms with Gasteiger partial charge in [0.15, 0.2) is 6.04 Å². The molecule has 0 fully saturated rings. The first kappa shape index (κ1) is 29.8. The number of H-pyrrole nitrogens is 2. The standard InChI is InChI=1S/C25H32N8O7/c1-12(34)21(25(39)40)33-24(38)18(6-13-9-29-17-5-3-2-4-15(13)17)32-23(37)19(8-20(27)35)31-22(36)16(26)7-14-10-28-11-30-14/h2-5,9-12,16,18-19,21,29,34H,6-8,26H2,1H3,(H2,27,35)(H,28,30)(H,31,36)(H,32,37)(H,33,38)(H,39,40). The van der Waals surface area contributed by atoms with Gasteiger partial charge in [-0.05, 0) is 18.6 Å². The molecule has 5 unspecified atom stereocenters. The highest BCUT2D eigenvalue weighted by molar-refractivity contribution is 5.96. The van der Waals surface area contributed by atoms with Crippen LogP contribution in [0.5, 0.6) is 0 Å². The number of nitrogens with zero attached hydrogens (tertiary/aromatic N) is 1. The van der Waals surface area contributed by atoms with Crippen molar-refractivity contribution in [3.63, 3.8) is 0 Å². The van der Waals surface area contributed by atoms with Crippen molar-refractivity contribution in [2.45, 2.75) is 56.5 Å². The molecule has 4 amide bonds. The number of imidazole rings is 1. The van der Waals surface area contributed by atoms with Crippen LogP contribution >= 0.6 is 0 Å². The summed E-state index contributed by atoms with van der Waals surface area (Å²) in [6, 6.07) is 1.60. The fraction of sp³-hybridized carbons (Fsp3) is 0.360. The number of aromatic amines is 2. The van der Waals surface area contributed by atoms with Crippen molar-refractivity contribution in [3.8, 4) is 0 Å². The average molecular weight is 557 g/mol. The molecule has 1 aromatic carbocycles. The Balaban J connectivity index is 1.82. The number of primary amides is 1. The van der Waals surface area contributed by atoms with Crippen molar-refractivity contribution in [1.29, 1.82) is 0 Å². The number of hydrogen-bond acceptors (Lipinski definition) is 8. The third-order valence-corrected chi connectivity index (χ3v) is 6.15. The molecule has 40 heavy (non-hydrogen) atoms. The Morgan fingerprint density at radius 1 is 0.975 bits per heavy atom. The number of aromatic nitrogens is 3. The van der Waals surface area contributed by atoms with Gasteiger partial charge in [-0.25, -0.2) is 9.78 Å². The Kier molecular flexibility index (Phi) is 9.94. The first-order valence-electron chi connectivity index (χ1n) is 12.3. The summed E-state index contributed by atoms with van der Waals surface area (Å²) in [6.07, 6.45) is 2.46. The Bertz CT molecular complexity index is 1350. The van der Waals surface area contributed by atoms with Crippen LogP contribution in [-0.2, 0) is 36.8 Å². The van der Waals surface area contributed by atoms with E-state index in [1.54, 1.807) is 18.3 Å². The molecule has 214 valence electrons. The van der Waals surface area contributed by atoms with Gasteiger partial charge in [0.05, 0.1) is 24.9 Å². The third kappa shape index (κ3) is 7.87. The fourth-order valence-corrected chi connectivity index (χ4v) is 4.06. The Morgan fingerprint density at radius 2 is 1.65 bits per heavy atom. The van der Waals surface area contributed by atoms with Crippen molar-refractivity contribution in [2.24, 2.45) is 11.5 Å². The molecule has 3 aromatic rings. The van der Waals surface area contributed by atoms with E-state index in [4.69, 9.17) is 11.5 Å². The molecule has 11 N–H and O–H groups in total. The Morgan fingerprint density at radius 3 is 2.27 bits per heavy atom. The summed E-state index contributed by atoms with van der Waals surface area (Å²) in [7, 11) is 0. The molecule has 0 aliphatic rings. The van der Waals surface area contributed by atoms with E-state index >= 15 is 0 Å². The van der Waals surface area contributed by atoms with Gasteiger partial charge >= 0.3 is 5.97 Å². The summed E-state index contributed by atoms with van der Waals surface area (Å²) in [5.41, 5.74) is 13.2. The summed E-state index contributed by atoms with van der Waals surface area (Å²) in [5, 5.41) is 27.1. The van der Waals surface area contributed by atoms with Crippen molar-refractivity contribution >= 4 is 40.5 Å². The number of carboxylic acids is 1. The van der Waals surface area contributed by atoms with E-state index in [2.05, 4.69) is 30.9 Å². The van der Waals surface area contributed by atoms with Crippen molar-refractivity contribution in [1.82, 2.24) is 30.9 Å². The monoisotopic (exact) mass is 556 g/mol. The first-order valence-corrected chi connectivity index (χ1v) is 12.3. The van der Waals surface area contributed by atoms with E-state index in [1.807, 2.05) is 12.1 Å². The van der Waals surface area contributed by atoms with Crippen LogP contribution in [0.3, 0.4) is 0 Å². The summed E-state index contributed by atoms with van der Waals surface area (Å²) < 4.78 is 0. The number of fused-ring (bicyclic) bond motifs is 1. The van der Waals surface area contributed by atoms with Gasteiger partial charge in [-0.1, -0.05) is 18.2 Å². The van der Waals surface area contributed by atoms with E-state index in [-0.39, 0.29) is 12.8 Å². The average Bonchev–Trinajstić information content (AvgIpc) is 3.55. The number of aliphatic hydroxyl groups is 1. The number of hydrogen-bond donors (Lipinski definition) is 9. The molecule has 15 heteroatoms. The summed E-state index contributed by atoms with van der Waals surface area (Å²) in [6.45, 7) is 1.19. The van der Waals surface area contributed by atoms with Crippen LogP contribution in [-0.4, -0.2) is 85.0 Å². The molecule has 2 aromatic heterocycles. The normalized spacial score (nSPS) is 14.9. The number of aliphatic hydroxyl groups excluding tert-OH is 1. The van der Waals surface area contributed by atoms with Gasteiger partial charge in [0.25, 0.3) is 0 Å². The van der Waals surface area contributed by atoms with Crippen LogP contribution in [0.4, 0.5) is 0 Å². The van der Waals surface area contributed by atoms with Gasteiger partial charge in [0.2, 0.25) is 23.6 Å². The van der Waals surface area contributed by atoms with E-state index in [0.717, 1.165) is 10.9 Å². The van der Waals surface area contributed by atoms with Gasteiger partial charge in [0.1, 0.15) is 12.1 Å². The summed E-state index contributed by atoms with van der Waals surface area (Å²) >= 11 is 0. The maximum Gasteiger partial charge on any atom is 0.328 e. The highest BCUT2D eigenvalue weighted by atomic mass is 16.4. The van der Waals surface area contributed by atoms with Crippen LogP contribution < -0.4 is 27.4 Å². The van der Waals surface area contributed by atoms with Gasteiger partial charge < -0.3 is 47.6 Å². The third-order valence-electron chi connectivity index (χ3n) is 6.15. The summed E-state index contributed by atoms with van der Waals surface area (Å²) in [4.78, 5) is 72.1. The predicted molar refractivity (Wildman–Crippen MR) is 141 cm³/mol. The van der Waals surface area contributed by atoms with Gasteiger partial charge in [-0.3, -0.25) is 19.2 Å². The lowest BCUT2D eigenvalue weighted by Gasteiger charge is -2.25. The predicted octanol–water partition coefficient (Wildman–Crippen LogP) is -2.20. The fourth-order valence-electron chi connectivity index (χ4n) is 4.06. The van der Waals surface area contributed by atoms with E-state index in [0.29, 0.717) is 11.3 Å². The maximum absolute atomic E-state index is 13.3. The molecule has 0 aliphatic carbocycles. The quantitative estimate of drug-likeness (QED) is 0.104. The Labute approximate surface area is 228 Å². The smallest absolute Gasteiger partial charge is 0.328 e. The zero-order chi connectivity index (χ0) is 29.4. The number of carboxylic acid groups (broad SMARTS) is 1. The highest BCUT2D eigenvalue weighted by Gasteiger charge is 2.33. The molecule has 0 saturated heterocycles. The molecule has 0 aliphatic heterocycles. The second-order valence-corrected chi connectivity index (χ2v) is 9.31. The lowest BCUT2D eigenvalue weighted by atomic mass is 10.0. The van der Waals surface area contributed by atoms with Crippen LogP contribution in [0.25, 0.3) is 10.9 Å². The Hall–Kier alpha value is -4.76. The zero-order valence-electron chi connectivity index (χ0n) is 21.6. The number of nitrogens with two attached hydrogens (primary N) is 2. The van der Waals surface area contributed by atoms with Gasteiger partial charge in [0, 0.05) is 41.8 Å². The van der Waals surface area contributed by atoms with Crippen molar-refractivity contribution in [2.75, 3.05) is 0 Å². The van der Waals surface area contributed by atoms with Crippen LogP contribution in [0.2, 0.25) is 0 Å². The largest absolute Gasteiger partial charge is 0.480 e. The number of para-hydroxylation sites is 1. The number of carbonyl (C=O) groups is 5. The number of benzene rings is 1. The minimum atomic E-state index is -1.66. The second-order valence-electron chi connectivity index (χ2n) is 9.31. The van der Waals surface area contributed by atoms with E-state index in [1.165, 1.54) is 19.4 Å². The lowest BCUT2D eigenvalue weighted by Crippen LogP contribution is -2.59. The molecular weight excluding hydrogens is 524 g/mol. The summed E-state index contributed by atoms with van der Waals surface area (Å²) in [5.74, 6) is -4.98. The number of carbonyl (C=O) groups excluding carboxylic acids is 4. The van der Waals surface area contributed by atoms with Crippen LogP contribution in [0.1, 0.15) is 24.6 Å². The maximum atomic E-state index is 13.3. The van der Waals surface area contributed by atoms with Crippen molar-refractivity contribution < 1.29 is 34.2 Å². The topological polar surface area (TPSA) is 258 Å². The highest BCUT2D eigenvalue weighted by Crippen LogP contribution is 2.19. The second kappa shape index (κ2) is 13.3. The van der Waals surface area contributed by atoms with Gasteiger partial charge in [-0.2, -0.15) is 0 Å². The number of amides is 4. The zero-order valence-corrected chi connectivity index (χ0v) is 21.6.